The highest BCUT2D eigenvalue weighted by molar-refractivity contribution is 7.15. The van der Waals surface area contributed by atoms with Crippen molar-refractivity contribution in [3.8, 4) is 5.00 Å². The van der Waals surface area contributed by atoms with Crippen LogP contribution in [-0.4, -0.2) is 31.6 Å². The molecule has 0 spiro atoms. The summed E-state index contributed by atoms with van der Waals surface area (Å²) in [6.07, 6.45) is 2.80. The van der Waals surface area contributed by atoms with Crippen LogP contribution in [0.5, 0.6) is 0 Å². The molecular formula is C21H16F2N4O2S. The first-order chi connectivity index (χ1) is 14.5. The molecule has 9 heteroatoms. The fraction of sp³-hybridized carbons (Fsp3) is 0.333. The minimum atomic E-state index is -0.861. The Bertz CT molecular complexity index is 1240. The van der Waals surface area contributed by atoms with Crippen molar-refractivity contribution < 1.29 is 18.7 Å². The fourth-order valence-electron chi connectivity index (χ4n) is 4.41. The van der Waals surface area contributed by atoms with Crippen LogP contribution in [0.3, 0.4) is 0 Å². The highest BCUT2D eigenvalue weighted by Crippen LogP contribution is 2.46. The number of aromatic nitrogens is 3. The average Bonchev–Trinajstić information content (AvgIpc) is 3.23. The third-order valence-electron chi connectivity index (χ3n) is 6.02. The molecular weight excluding hydrogens is 410 g/mol. The van der Waals surface area contributed by atoms with Gasteiger partial charge in [0.05, 0.1) is 17.2 Å². The number of hydrogen-bond donors (Lipinski definition) is 1. The highest BCUT2D eigenvalue weighted by atomic mass is 32.1. The number of carboxylic acids is 1. The summed E-state index contributed by atoms with van der Waals surface area (Å²) in [6, 6.07) is 3.76. The number of rotatable bonds is 3. The van der Waals surface area contributed by atoms with Crippen LogP contribution >= 0.6 is 11.3 Å². The first-order valence-corrected chi connectivity index (χ1v) is 10.7. The molecule has 0 amide bonds. The summed E-state index contributed by atoms with van der Waals surface area (Å²) in [5.41, 5.74) is 1.51. The van der Waals surface area contributed by atoms with Gasteiger partial charge >= 0.3 is 5.97 Å². The molecule has 1 N–H and O–H groups in total. The van der Waals surface area contributed by atoms with E-state index in [0.29, 0.717) is 30.1 Å². The standard InChI is InChI=1S/C21H16F2N4O2S/c22-12-2-1-3-13(23)17(12)18-16-11-6-10(21(28)29)7-14(11)30-20(16)27-15(8-24-18)25-26-19(27)9-4-5-9/h1-3,9-10H,4-8H2,(H,28,29). The molecule has 3 aliphatic rings. The second-order valence-corrected chi connectivity index (χ2v) is 9.06. The van der Waals surface area contributed by atoms with Crippen molar-refractivity contribution in [2.24, 2.45) is 10.9 Å². The van der Waals surface area contributed by atoms with Crippen LogP contribution in [0.2, 0.25) is 0 Å². The second-order valence-electron chi connectivity index (χ2n) is 7.97. The van der Waals surface area contributed by atoms with Crippen LogP contribution in [0.1, 0.15) is 52.0 Å². The van der Waals surface area contributed by atoms with E-state index >= 15 is 0 Å². The normalized spacial score (nSPS) is 19.7. The lowest BCUT2D eigenvalue weighted by molar-refractivity contribution is -0.141. The van der Waals surface area contributed by atoms with E-state index in [2.05, 4.69) is 15.2 Å². The van der Waals surface area contributed by atoms with E-state index < -0.39 is 23.5 Å². The molecule has 1 aromatic carbocycles. The molecule has 1 unspecified atom stereocenters. The van der Waals surface area contributed by atoms with E-state index in [0.717, 1.165) is 34.1 Å². The van der Waals surface area contributed by atoms with Gasteiger partial charge in [0.1, 0.15) is 29.0 Å². The molecule has 1 aliphatic heterocycles. The van der Waals surface area contributed by atoms with Crippen LogP contribution < -0.4 is 0 Å². The van der Waals surface area contributed by atoms with Crippen molar-refractivity contribution >= 4 is 23.0 Å². The fourth-order valence-corrected chi connectivity index (χ4v) is 5.85. The highest BCUT2D eigenvalue weighted by Gasteiger charge is 2.39. The molecule has 0 saturated heterocycles. The lowest BCUT2D eigenvalue weighted by atomic mass is 9.97. The van der Waals surface area contributed by atoms with Gasteiger partial charge in [0, 0.05) is 16.4 Å². The zero-order chi connectivity index (χ0) is 20.6. The maximum Gasteiger partial charge on any atom is 0.307 e. The van der Waals surface area contributed by atoms with Crippen LogP contribution in [-0.2, 0) is 24.2 Å². The predicted octanol–water partition coefficient (Wildman–Crippen LogP) is 3.63. The van der Waals surface area contributed by atoms with Crippen LogP contribution in [0.4, 0.5) is 8.78 Å². The number of nitrogens with zero attached hydrogens (tertiary/aromatic N) is 4. The summed E-state index contributed by atoms with van der Waals surface area (Å²) in [5.74, 6) is -0.949. The van der Waals surface area contributed by atoms with E-state index in [9.17, 15) is 18.7 Å². The molecule has 152 valence electrons. The Hall–Kier alpha value is -2.94. The lowest BCUT2D eigenvalue weighted by Gasteiger charge is -2.13. The van der Waals surface area contributed by atoms with Gasteiger partial charge in [-0.3, -0.25) is 14.4 Å². The largest absolute Gasteiger partial charge is 0.481 e. The van der Waals surface area contributed by atoms with Crippen molar-refractivity contribution in [1.29, 1.82) is 0 Å². The summed E-state index contributed by atoms with van der Waals surface area (Å²) in [4.78, 5) is 17.1. The van der Waals surface area contributed by atoms with E-state index in [1.165, 1.54) is 29.5 Å². The molecule has 6 rings (SSSR count). The van der Waals surface area contributed by atoms with Crippen LogP contribution in [0.25, 0.3) is 5.00 Å². The topological polar surface area (TPSA) is 80.4 Å². The maximum atomic E-state index is 14.8. The molecule has 3 aromatic rings. The number of aliphatic imine (C=N–C) groups is 1. The molecule has 2 aliphatic carbocycles. The zero-order valence-electron chi connectivity index (χ0n) is 15.7. The Morgan fingerprint density at radius 3 is 2.60 bits per heavy atom. The van der Waals surface area contributed by atoms with Crippen molar-refractivity contribution in [3.63, 3.8) is 0 Å². The monoisotopic (exact) mass is 426 g/mol. The van der Waals surface area contributed by atoms with E-state index in [1.54, 1.807) is 0 Å². The van der Waals surface area contributed by atoms with Gasteiger partial charge in [-0.1, -0.05) is 6.07 Å². The predicted molar refractivity (Wildman–Crippen MR) is 105 cm³/mol. The number of halogens is 2. The van der Waals surface area contributed by atoms with Gasteiger partial charge in [-0.25, -0.2) is 8.78 Å². The van der Waals surface area contributed by atoms with Crippen LogP contribution in [0.15, 0.2) is 23.2 Å². The number of carbonyl (C=O) groups is 1. The third-order valence-corrected chi connectivity index (χ3v) is 7.26. The summed E-state index contributed by atoms with van der Waals surface area (Å²) >= 11 is 1.47. The Kier molecular flexibility index (Phi) is 3.74. The molecule has 30 heavy (non-hydrogen) atoms. The summed E-state index contributed by atoms with van der Waals surface area (Å²) in [6.45, 7) is 0.154. The minimum absolute atomic E-state index is 0.154. The molecule has 2 aromatic heterocycles. The molecule has 3 heterocycles. The SMILES string of the molecule is O=C(O)C1Cc2sc3c(c2C1)C(c1c(F)cccc1F)=NCc1nnc(C2CC2)n1-3. The number of aliphatic carboxylic acids is 1. The maximum absolute atomic E-state index is 14.8. The lowest BCUT2D eigenvalue weighted by Crippen LogP contribution is -2.16. The first kappa shape index (κ1) is 17.9. The van der Waals surface area contributed by atoms with Crippen molar-refractivity contribution in [1.82, 2.24) is 14.8 Å². The zero-order valence-corrected chi connectivity index (χ0v) is 16.5. The van der Waals surface area contributed by atoms with E-state index in [-0.39, 0.29) is 17.8 Å². The van der Waals surface area contributed by atoms with Crippen molar-refractivity contribution in [3.05, 3.63) is 63.0 Å². The van der Waals surface area contributed by atoms with Gasteiger partial charge in [0.15, 0.2) is 5.82 Å². The minimum Gasteiger partial charge on any atom is -0.481 e. The van der Waals surface area contributed by atoms with Crippen LogP contribution in [0, 0.1) is 17.6 Å². The Balaban J connectivity index is 1.62. The molecule has 6 nitrogen and oxygen atoms in total. The summed E-state index contributed by atoms with van der Waals surface area (Å²) in [5, 5.41) is 19.0. The first-order valence-electron chi connectivity index (χ1n) is 9.84. The van der Waals surface area contributed by atoms with Gasteiger partial charge < -0.3 is 5.11 Å². The molecule has 1 saturated carbocycles. The quantitative estimate of drug-likeness (QED) is 0.694. The number of carboxylic acid groups (broad SMARTS) is 1. The van der Waals surface area contributed by atoms with E-state index in [4.69, 9.17) is 0 Å². The van der Waals surface area contributed by atoms with Gasteiger partial charge in [0.2, 0.25) is 0 Å². The summed E-state index contributed by atoms with van der Waals surface area (Å²) in [7, 11) is 0. The van der Waals surface area contributed by atoms with Gasteiger partial charge in [-0.05, 0) is 43.4 Å². The number of hydrogen-bond acceptors (Lipinski definition) is 5. The number of benzene rings is 1. The number of thiophene rings is 1. The summed E-state index contributed by atoms with van der Waals surface area (Å²) < 4.78 is 31.5. The molecule has 1 fully saturated rings. The third kappa shape index (κ3) is 2.51. The Morgan fingerprint density at radius 2 is 1.90 bits per heavy atom. The van der Waals surface area contributed by atoms with Gasteiger partial charge in [-0.15, -0.1) is 21.5 Å². The van der Waals surface area contributed by atoms with Gasteiger partial charge in [0.25, 0.3) is 0 Å². The number of fused-ring (bicyclic) bond motifs is 5. The smallest absolute Gasteiger partial charge is 0.307 e. The average molecular weight is 426 g/mol. The van der Waals surface area contributed by atoms with Crippen molar-refractivity contribution in [2.45, 2.75) is 38.1 Å². The van der Waals surface area contributed by atoms with Gasteiger partial charge in [-0.2, -0.15) is 0 Å². The van der Waals surface area contributed by atoms with Crippen molar-refractivity contribution in [2.75, 3.05) is 0 Å². The Labute approximate surface area is 173 Å². The Morgan fingerprint density at radius 1 is 1.13 bits per heavy atom. The second kappa shape index (κ2) is 6.28. The van der Waals surface area contributed by atoms with E-state index in [1.807, 2.05) is 4.57 Å². The molecule has 1 atom stereocenters. The molecule has 0 bridgehead atoms. The molecule has 0 radical (unpaired) electrons.